The fraction of sp³-hybridized carbons (Fsp3) is 0.0556. The largest absolute Gasteiger partial charge is 0.337 e. The van der Waals surface area contributed by atoms with Crippen molar-refractivity contribution in [2.45, 2.75) is 6.92 Å². The number of aromatic nitrogens is 4. The highest BCUT2D eigenvalue weighted by molar-refractivity contribution is 5.81. The van der Waals surface area contributed by atoms with Gasteiger partial charge in [-0.2, -0.15) is 10.1 Å². The average molecular weight is 363 g/mol. The van der Waals surface area contributed by atoms with Crippen LogP contribution < -0.4 is 10.7 Å². The SMILES string of the molecule is Cc1ccccc1Nc1nc2nonc2nc1N/N=C/c1ccc(F)cc1. The number of nitrogens with zero attached hydrogens (tertiary/aromatic N) is 5. The van der Waals surface area contributed by atoms with Gasteiger partial charge >= 0.3 is 0 Å². The Morgan fingerprint density at radius 2 is 1.67 bits per heavy atom. The van der Waals surface area contributed by atoms with Gasteiger partial charge in [-0.25, -0.2) is 14.0 Å². The third-order valence-corrected chi connectivity index (χ3v) is 3.77. The van der Waals surface area contributed by atoms with E-state index >= 15 is 0 Å². The van der Waals surface area contributed by atoms with E-state index in [4.69, 9.17) is 0 Å². The lowest BCUT2D eigenvalue weighted by molar-refractivity contribution is 0.314. The molecule has 0 aliphatic heterocycles. The normalized spacial score (nSPS) is 11.2. The summed E-state index contributed by atoms with van der Waals surface area (Å²) < 4.78 is 17.7. The zero-order valence-electron chi connectivity index (χ0n) is 14.2. The first kappa shape index (κ1) is 16.6. The van der Waals surface area contributed by atoms with Crippen LogP contribution in [0.2, 0.25) is 0 Å². The van der Waals surface area contributed by atoms with E-state index in [-0.39, 0.29) is 17.1 Å². The average Bonchev–Trinajstić information content (AvgIpc) is 3.12. The second-order valence-corrected chi connectivity index (χ2v) is 5.69. The summed E-state index contributed by atoms with van der Waals surface area (Å²) in [5.74, 6) is 0.461. The Balaban J connectivity index is 1.63. The molecule has 0 aliphatic rings. The van der Waals surface area contributed by atoms with Crippen LogP contribution in [0.25, 0.3) is 11.3 Å². The maximum absolute atomic E-state index is 13.0. The van der Waals surface area contributed by atoms with Crippen molar-refractivity contribution < 1.29 is 9.02 Å². The zero-order chi connectivity index (χ0) is 18.6. The van der Waals surface area contributed by atoms with Crippen molar-refractivity contribution >= 4 is 34.8 Å². The molecule has 2 aromatic heterocycles. The zero-order valence-corrected chi connectivity index (χ0v) is 14.2. The molecule has 27 heavy (non-hydrogen) atoms. The molecule has 2 heterocycles. The summed E-state index contributed by atoms with van der Waals surface area (Å²) in [6.07, 6.45) is 1.55. The molecule has 4 aromatic rings. The van der Waals surface area contributed by atoms with E-state index in [0.717, 1.165) is 16.8 Å². The van der Waals surface area contributed by atoms with E-state index in [1.165, 1.54) is 12.1 Å². The van der Waals surface area contributed by atoms with E-state index in [2.05, 4.69) is 40.8 Å². The molecule has 0 atom stereocenters. The molecular formula is C18H14FN7O. The first-order chi connectivity index (χ1) is 13.2. The minimum Gasteiger partial charge on any atom is -0.337 e. The summed E-state index contributed by atoms with van der Waals surface area (Å²) in [6, 6.07) is 13.7. The number of anilines is 3. The van der Waals surface area contributed by atoms with E-state index in [0.29, 0.717) is 11.6 Å². The van der Waals surface area contributed by atoms with Crippen LogP contribution >= 0.6 is 0 Å². The van der Waals surface area contributed by atoms with Gasteiger partial charge in [0.05, 0.1) is 6.21 Å². The van der Waals surface area contributed by atoms with Crippen LogP contribution in [0.1, 0.15) is 11.1 Å². The van der Waals surface area contributed by atoms with Gasteiger partial charge in [0, 0.05) is 5.69 Å². The second kappa shape index (κ2) is 7.16. The lowest BCUT2D eigenvalue weighted by Gasteiger charge is -2.11. The minimum absolute atomic E-state index is 0.254. The summed E-state index contributed by atoms with van der Waals surface area (Å²) in [6.45, 7) is 1.98. The summed E-state index contributed by atoms with van der Waals surface area (Å²) in [7, 11) is 0. The summed E-state index contributed by atoms with van der Waals surface area (Å²) in [5, 5.41) is 14.8. The number of aryl methyl sites for hydroxylation is 1. The van der Waals surface area contributed by atoms with Crippen molar-refractivity contribution in [3.63, 3.8) is 0 Å². The predicted octanol–water partition coefficient (Wildman–Crippen LogP) is 3.65. The third-order valence-electron chi connectivity index (χ3n) is 3.77. The molecule has 134 valence electrons. The molecule has 0 radical (unpaired) electrons. The molecule has 0 saturated carbocycles. The number of para-hydroxylation sites is 1. The number of hydrazone groups is 1. The van der Waals surface area contributed by atoms with Crippen LogP contribution in [-0.2, 0) is 0 Å². The van der Waals surface area contributed by atoms with E-state index in [1.807, 2.05) is 31.2 Å². The van der Waals surface area contributed by atoms with Gasteiger partial charge in [-0.15, -0.1) is 0 Å². The van der Waals surface area contributed by atoms with Crippen molar-refractivity contribution in [2.24, 2.45) is 5.10 Å². The number of hydrogen-bond donors (Lipinski definition) is 2. The van der Waals surface area contributed by atoms with Crippen molar-refractivity contribution in [3.8, 4) is 0 Å². The lowest BCUT2D eigenvalue weighted by atomic mass is 10.2. The Labute approximate surface area is 153 Å². The Hall–Kier alpha value is -3.88. The van der Waals surface area contributed by atoms with E-state index < -0.39 is 0 Å². The molecule has 0 saturated heterocycles. The Morgan fingerprint density at radius 3 is 2.41 bits per heavy atom. The van der Waals surface area contributed by atoms with Crippen molar-refractivity contribution in [2.75, 3.05) is 10.7 Å². The van der Waals surface area contributed by atoms with Gasteiger partial charge < -0.3 is 5.32 Å². The van der Waals surface area contributed by atoms with Gasteiger partial charge in [0.2, 0.25) is 11.3 Å². The van der Waals surface area contributed by atoms with Crippen molar-refractivity contribution in [3.05, 3.63) is 65.5 Å². The Bertz CT molecular complexity index is 1110. The standard InChI is InChI=1S/C18H14FN7O/c1-11-4-2-3-5-14(11)21-15-16(23-18-17(22-15)25-27-26-18)24-20-10-12-6-8-13(19)9-7-12/h2-10H,1H3,(H,21,22,25)(H,23,24,26)/b20-10+. The van der Waals surface area contributed by atoms with Crippen LogP contribution in [0.3, 0.4) is 0 Å². The number of hydrogen-bond acceptors (Lipinski definition) is 8. The van der Waals surface area contributed by atoms with Crippen molar-refractivity contribution in [1.29, 1.82) is 0 Å². The van der Waals surface area contributed by atoms with Crippen molar-refractivity contribution in [1.82, 2.24) is 20.3 Å². The van der Waals surface area contributed by atoms with Gasteiger partial charge in [0.15, 0.2) is 11.6 Å². The molecule has 0 bridgehead atoms. The minimum atomic E-state index is -0.306. The Morgan fingerprint density at radius 1 is 0.963 bits per heavy atom. The number of benzene rings is 2. The monoisotopic (exact) mass is 363 g/mol. The molecular weight excluding hydrogens is 349 g/mol. The second-order valence-electron chi connectivity index (χ2n) is 5.69. The van der Waals surface area contributed by atoms with Crippen LogP contribution in [0, 0.1) is 12.7 Å². The molecule has 8 nitrogen and oxygen atoms in total. The first-order valence-corrected chi connectivity index (χ1v) is 8.06. The van der Waals surface area contributed by atoms with Crippen LogP contribution in [0.5, 0.6) is 0 Å². The number of nitrogens with one attached hydrogen (secondary N) is 2. The number of halogens is 1. The lowest BCUT2D eigenvalue weighted by Crippen LogP contribution is -2.04. The molecule has 2 aromatic carbocycles. The predicted molar refractivity (Wildman–Crippen MR) is 99.5 cm³/mol. The van der Waals surface area contributed by atoms with Gasteiger partial charge in [-0.05, 0) is 46.6 Å². The van der Waals surface area contributed by atoms with E-state index in [1.54, 1.807) is 18.3 Å². The van der Waals surface area contributed by atoms with Gasteiger partial charge in [-0.1, -0.05) is 30.3 Å². The third kappa shape index (κ3) is 3.71. The summed E-state index contributed by atoms with van der Waals surface area (Å²) >= 11 is 0. The fourth-order valence-corrected chi connectivity index (χ4v) is 2.36. The summed E-state index contributed by atoms with van der Waals surface area (Å²) in [4.78, 5) is 8.71. The topological polar surface area (TPSA) is 101 Å². The highest BCUT2D eigenvalue weighted by Crippen LogP contribution is 2.25. The Kier molecular flexibility index (Phi) is 4.40. The van der Waals surface area contributed by atoms with Gasteiger partial charge in [0.1, 0.15) is 5.82 Å². The fourth-order valence-electron chi connectivity index (χ4n) is 2.36. The number of rotatable bonds is 5. The first-order valence-electron chi connectivity index (χ1n) is 8.06. The van der Waals surface area contributed by atoms with E-state index in [9.17, 15) is 4.39 Å². The van der Waals surface area contributed by atoms with Crippen LogP contribution in [0.4, 0.5) is 21.7 Å². The maximum Gasteiger partial charge on any atom is 0.245 e. The number of fused-ring (bicyclic) bond motifs is 1. The molecule has 0 unspecified atom stereocenters. The highest BCUT2D eigenvalue weighted by Gasteiger charge is 2.13. The molecule has 0 aliphatic carbocycles. The smallest absolute Gasteiger partial charge is 0.245 e. The maximum atomic E-state index is 13.0. The molecule has 2 N–H and O–H groups in total. The van der Waals surface area contributed by atoms with Gasteiger partial charge in [-0.3, -0.25) is 5.43 Å². The summed E-state index contributed by atoms with van der Waals surface area (Å²) in [5.41, 5.74) is 6.00. The quantitative estimate of drug-likeness (QED) is 0.412. The van der Waals surface area contributed by atoms with Crippen LogP contribution in [-0.4, -0.2) is 26.5 Å². The van der Waals surface area contributed by atoms with Crippen LogP contribution in [0.15, 0.2) is 58.3 Å². The molecule has 0 spiro atoms. The highest BCUT2D eigenvalue weighted by atomic mass is 19.1. The van der Waals surface area contributed by atoms with Gasteiger partial charge in [0.25, 0.3) is 0 Å². The molecule has 4 rings (SSSR count). The molecule has 9 heteroatoms. The molecule has 0 amide bonds. The molecule has 0 fully saturated rings.